The maximum atomic E-state index is 12.9. The highest BCUT2D eigenvalue weighted by Crippen LogP contribution is 2.25. The maximum Gasteiger partial charge on any atom is 0.256 e. The van der Waals surface area contributed by atoms with Gasteiger partial charge in [-0.1, -0.05) is 18.2 Å². The largest absolute Gasteiger partial charge is 0.495 e. The van der Waals surface area contributed by atoms with E-state index in [2.05, 4.69) is 10.6 Å². The summed E-state index contributed by atoms with van der Waals surface area (Å²) >= 11 is 0. The normalized spacial score (nSPS) is 16.2. The Labute approximate surface area is 170 Å². The zero-order valence-corrected chi connectivity index (χ0v) is 16.8. The molecule has 1 aliphatic heterocycles. The highest BCUT2D eigenvalue weighted by Gasteiger charge is 2.24. The number of ether oxygens (including phenoxy) is 1. The smallest absolute Gasteiger partial charge is 0.256 e. The highest BCUT2D eigenvalue weighted by atomic mass is 16.5. The molecule has 0 unspecified atom stereocenters. The summed E-state index contributed by atoms with van der Waals surface area (Å²) in [6, 6.07) is 12.7. The van der Waals surface area contributed by atoms with Crippen LogP contribution in [0.1, 0.15) is 28.8 Å². The number of likely N-dealkylation sites (tertiary alicyclic amines) is 1. The van der Waals surface area contributed by atoms with Crippen molar-refractivity contribution in [3.8, 4) is 5.75 Å². The van der Waals surface area contributed by atoms with E-state index < -0.39 is 6.10 Å². The summed E-state index contributed by atoms with van der Waals surface area (Å²) < 4.78 is 5.28. The molecule has 0 bridgehead atoms. The minimum absolute atomic E-state index is 0.00398. The van der Waals surface area contributed by atoms with Crippen LogP contribution in [0, 0.1) is 6.92 Å². The molecule has 0 radical (unpaired) electrons. The predicted octanol–water partition coefficient (Wildman–Crippen LogP) is 2.65. The lowest BCUT2D eigenvalue weighted by Gasteiger charge is -2.30. The van der Waals surface area contributed by atoms with Gasteiger partial charge in [0.15, 0.2) is 0 Å². The second-order valence-electron chi connectivity index (χ2n) is 7.20. The van der Waals surface area contributed by atoms with Gasteiger partial charge in [-0.3, -0.25) is 9.59 Å². The fourth-order valence-electron chi connectivity index (χ4n) is 3.42. The molecule has 1 atom stereocenters. The Hall–Kier alpha value is -3.06. The lowest BCUT2D eigenvalue weighted by molar-refractivity contribution is -0.114. The molecule has 2 aromatic rings. The van der Waals surface area contributed by atoms with E-state index in [1.54, 1.807) is 36.3 Å². The summed E-state index contributed by atoms with van der Waals surface area (Å²) in [6.45, 7) is 2.90. The number of piperidine rings is 1. The van der Waals surface area contributed by atoms with E-state index in [9.17, 15) is 14.7 Å². The molecule has 0 saturated carbocycles. The van der Waals surface area contributed by atoms with Gasteiger partial charge in [0.25, 0.3) is 5.91 Å². The molecule has 7 nitrogen and oxygen atoms in total. The fourth-order valence-corrected chi connectivity index (χ4v) is 3.42. The van der Waals surface area contributed by atoms with E-state index in [0.29, 0.717) is 42.2 Å². The zero-order valence-electron chi connectivity index (χ0n) is 16.8. The minimum atomic E-state index is -0.483. The van der Waals surface area contributed by atoms with Gasteiger partial charge < -0.3 is 25.4 Å². The van der Waals surface area contributed by atoms with Crippen molar-refractivity contribution in [3.63, 3.8) is 0 Å². The lowest BCUT2D eigenvalue weighted by atomic mass is 10.1. The van der Waals surface area contributed by atoms with Crippen molar-refractivity contribution in [2.24, 2.45) is 0 Å². The third-order valence-corrected chi connectivity index (χ3v) is 4.91. The summed E-state index contributed by atoms with van der Waals surface area (Å²) in [5.74, 6) is 0.195. The van der Waals surface area contributed by atoms with Crippen LogP contribution in [0.2, 0.25) is 0 Å². The highest BCUT2D eigenvalue weighted by molar-refractivity contribution is 6.01. The quantitative estimate of drug-likeness (QED) is 0.697. The molecule has 154 valence electrons. The molecule has 3 rings (SSSR count). The van der Waals surface area contributed by atoms with Crippen molar-refractivity contribution < 1.29 is 19.4 Å². The number of carbonyl (C=O) groups excluding carboxylic acids is 2. The molecule has 1 aliphatic rings. The van der Waals surface area contributed by atoms with Crippen LogP contribution in [-0.2, 0) is 4.79 Å². The molecule has 1 fully saturated rings. The van der Waals surface area contributed by atoms with Crippen LogP contribution in [0.5, 0.6) is 5.75 Å². The van der Waals surface area contributed by atoms with Crippen LogP contribution < -0.4 is 15.4 Å². The Balaban J connectivity index is 1.66. The molecule has 29 heavy (non-hydrogen) atoms. The van der Waals surface area contributed by atoms with Crippen molar-refractivity contribution in [3.05, 3.63) is 53.6 Å². The lowest BCUT2D eigenvalue weighted by Crippen LogP contribution is -2.42. The number of aryl methyl sites for hydroxylation is 1. The van der Waals surface area contributed by atoms with E-state index in [-0.39, 0.29) is 18.4 Å². The van der Waals surface area contributed by atoms with E-state index in [1.165, 1.54) is 0 Å². The van der Waals surface area contributed by atoms with Crippen molar-refractivity contribution >= 4 is 23.2 Å². The third-order valence-electron chi connectivity index (χ3n) is 4.91. The van der Waals surface area contributed by atoms with Crippen LogP contribution >= 0.6 is 0 Å². The molecule has 2 aromatic carbocycles. The fraction of sp³-hybridized carbons (Fsp3) is 0.364. The number of carbonyl (C=O) groups is 2. The van der Waals surface area contributed by atoms with Gasteiger partial charge >= 0.3 is 0 Å². The number of benzene rings is 2. The second kappa shape index (κ2) is 9.43. The number of aliphatic hydroxyl groups is 1. The van der Waals surface area contributed by atoms with Crippen molar-refractivity contribution in [2.75, 3.05) is 37.4 Å². The Morgan fingerprint density at radius 1 is 1.21 bits per heavy atom. The molecular weight excluding hydrogens is 370 g/mol. The Morgan fingerprint density at radius 2 is 2.00 bits per heavy atom. The van der Waals surface area contributed by atoms with Crippen molar-refractivity contribution in [1.82, 2.24) is 4.90 Å². The number of hydrogen-bond acceptors (Lipinski definition) is 5. The van der Waals surface area contributed by atoms with Crippen LogP contribution in [0.15, 0.2) is 42.5 Å². The molecule has 1 heterocycles. The number of para-hydroxylation sites is 1. The first-order valence-corrected chi connectivity index (χ1v) is 9.72. The topological polar surface area (TPSA) is 90.9 Å². The molecule has 0 aromatic heterocycles. The number of β-amino-alcohol motifs (C(OH)–C–C–N with tert-alkyl or cyclic N) is 1. The van der Waals surface area contributed by atoms with Crippen LogP contribution in [0.3, 0.4) is 0 Å². The molecule has 1 saturated heterocycles. The van der Waals surface area contributed by atoms with Gasteiger partial charge in [0.05, 0.1) is 31.0 Å². The Morgan fingerprint density at radius 3 is 2.76 bits per heavy atom. The van der Waals surface area contributed by atoms with Gasteiger partial charge in [0.2, 0.25) is 5.91 Å². The molecule has 0 aliphatic carbocycles. The summed E-state index contributed by atoms with van der Waals surface area (Å²) in [7, 11) is 1.55. The first-order chi connectivity index (χ1) is 14.0. The molecule has 0 spiro atoms. The summed E-state index contributed by atoms with van der Waals surface area (Å²) in [6.07, 6.45) is 1.01. The predicted molar refractivity (Wildman–Crippen MR) is 112 cm³/mol. The number of rotatable bonds is 6. The van der Waals surface area contributed by atoms with Gasteiger partial charge in [0.1, 0.15) is 5.75 Å². The van der Waals surface area contributed by atoms with Gasteiger partial charge in [0, 0.05) is 18.8 Å². The summed E-state index contributed by atoms with van der Waals surface area (Å²) in [5, 5.41) is 15.7. The molecule has 7 heteroatoms. The number of hydrogen-bond donors (Lipinski definition) is 3. The zero-order chi connectivity index (χ0) is 20.8. The van der Waals surface area contributed by atoms with E-state index >= 15 is 0 Å². The van der Waals surface area contributed by atoms with Crippen molar-refractivity contribution in [2.45, 2.75) is 25.9 Å². The first kappa shape index (κ1) is 20.7. The first-order valence-electron chi connectivity index (χ1n) is 9.72. The van der Waals surface area contributed by atoms with E-state index in [0.717, 1.165) is 12.0 Å². The Kier molecular flexibility index (Phi) is 6.72. The van der Waals surface area contributed by atoms with Crippen molar-refractivity contribution in [1.29, 1.82) is 0 Å². The SMILES string of the molecule is COc1ccc(C)cc1NC(=O)CNc1ccccc1C(=O)N1CCC[C@@H](O)C1. The molecule has 2 amide bonds. The number of anilines is 2. The third kappa shape index (κ3) is 5.26. The van der Waals surface area contributed by atoms with E-state index in [4.69, 9.17) is 4.74 Å². The van der Waals surface area contributed by atoms with Gasteiger partial charge in [-0.25, -0.2) is 0 Å². The van der Waals surface area contributed by atoms with Crippen LogP contribution in [0.25, 0.3) is 0 Å². The number of nitrogens with one attached hydrogen (secondary N) is 2. The second-order valence-corrected chi connectivity index (χ2v) is 7.20. The maximum absolute atomic E-state index is 12.9. The number of aliphatic hydroxyl groups excluding tert-OH is 1. The van der Waals surface area contributed by atoms with E-state index in [1.807, 2.05) is 25.1 Å². The average Bonchev–Trinajstić information content (AvgIpc) is 2.72. The van der Waals surface area contributed by atoms with Gasteiger partial charge in [-0.15, -0.1) is 0 Å². The summed E-state index contributed by atoms with van der Waals surface area (Å²) in [4.78, 5) is 27.0. The average molecular weight is 397 g/mol. The monoisotopic (exact) mass is 397 g/mol. The molecular formula is C22H27N3O4. The molecule has 3 N–H and O–H groups in total. The Bertz CT molecular complexity index is 884. The number of nitrogens with zero attached hydrogens (tertiary/aromatic N) is 1. The van der Waals surface area contributed by atoms with Crippen LogP contribution in [0.4, 0.5) is 11.4 Å². The summed E-state index contributed by atoms with van der Waals surface area (Å²) in [5.41, 5.74) is 2.69. The van der Waals surface area contributed by atoms with Gasteiger partial charge in [-0.2, -0.15) is 0 Å². The van der Waals surface area contributed by atoms with Gasteiger partial charge in [-0.05, 0) is 49.6 Å². The number of methoxy groups -OCH3 is 1. The minimum Gasteiger partial charge on any atom is -0.495 e. The van der Waals surface area contributed by atoms with Crippen LogP contribution in [-0.4, -0.2) is 54.7 Å². The standard InChI is InChI=1S/C22H27N3O4/c1-15-9-10-20(29-2)19(12-15)24-21(27)13-23-18-8-4-3-7-17(18)22(28)25-11-5-6-16(26)14-25/h3-4,7-10,12,16,23,26H,5-6,11,13-14H2,1-2H3,(H,24,27)/t16-/m1/s1. The number of amides is 2.